The molecule has 1 amide bonds. The van der Waals surface area contributed by atoms with E-state index in [1.807, 2.05) is 19.9 Å². The molecular formula is C14H19NO3. The van der Waals surface area contributed by atoms with Gasteiger partial charge in [-0.25, -0.2) is 4.79 Å². The molecule has 2 N–H and O–H groups in total. The Hall–Kier alpha value is -1.84. The molecule has 4 nitrogen and oxygen atoms in total. The van der Waals surface area contributed by atoms with Gasteiger partial charge in [0.2, 0.25) is 0 Å². The molecule has 1 atom stereocenters. The van der Waals surface area contributed by atoms with Crippen molar-refractivity contribution in [3.63, 3.8) is 0 Å². The minimum absolute atomic E-state index is 0.155. The molecule has 0 saturated carbocycles. The van der Waals surface area contributed by atoms with Gasteiger partial charge in [-0.15, -0.1) is 0 Å². The van der Waals surface area contributed by atoms with Crippen molar-refractivity contribution < 1.29 is 14.7 Å². The van der Waals surface area contributed by atoms with Crippen molar-refractivity contribution >= 4 is 11.9 Å². The van der Waals surface area contributed by atoms with E-state index in [-0.39, 0.29) is 11.8 Å². The summed E-state index contributed by atoms with van der Waals surface area (Å²) >= 11 is 0. The lowest BCUT2D eigenvalue weighted by molar-refractivity contribution is -0.140. The number of nitrogens with one attached hydrogen (secondary N) is 1. The van der Waals surface area contributed by atoms with Gasteiger partial charge in [0.15, 0.2) is 0 Å². The fourth-order valence-corrected chi connectivity index (χ4v) is 1.62. The van der Waals surface area contributed by atoms with Crippen molar-refractivity contribution in [3.05, 3.63) is 34.9 Å². The first-order valence-corrected chi connectivity index (χ1v) is 5.94. The van der Waals surface area contributed by atoms with Crippen LogP contribution in [0.2, 0.25) is 0 Å². The van der Waals surface area contributed by atoms with Gasteiger partial charge in [-0.2, -0.15) is 0 Å². The topological polar surface area (TPSA) is 66.4 Å². The standard InChI is InChI=1S/C14H19NO3/c1-8(2)12(14(17)18)15-13(16)11-6-5-9(3)10(4)7-11/h5-8,12H,1-4H3,(H,15,16)(H,17,18). The third-order valence-electron chi connectivity index (χ3n) is 2.99. The molecule has 4 heteroatoms. The van der Waals surface area contributed by atoms with Crippen LogP contribution >= 0.6 is 0 Å². The molecule has 0 spiro atoms. The predicted octanol–water partition coefficient (Wildman–Crippen LogP) is 2.14. The van der Waals surface area contributed by atoms with E-state index >= 15 is 0 Å². The first-order valence-electron chi connectivity index (χ1n) is 5.94. The molecule has 1 aromatic rings. The first-order chi connectivity index (χ1) is 8.32. The minimum atomic E-state index is -1.01. The monoisotopic (exact) mass is 249 g/mol. The van der Waals surface area contributed by atoms with Gasteiger partial charge in [-0.05, 0) is 43.0 Å². The van der Waals surface area contributed by atoms with E-state index in [4.69, 9.17) is 5.11 Å². The Labute approximate surface area is 107 Å². The molecule has 0 fully saturated rings. The van der Waals surface area contributed by atoms with Gasteiger partial charge >= 0.3 is 5.97 Å². The molecule has 0 heterocycles. The van der Waals surface area contributed by atoms with Crippen LogP contribution in [0.15, 0.2) is 18.2 Å². The van der Waals surface area contributed by atoms with E-state index < -0.39 is 12.0 Å². The predicted molar refractivity (Wildman–Crippen MR) is 69.6 cm³/mol. The van der Waals surface area contributed by atoms with Gasteiger partial charge in [0.05, 0.1) is 0 Å². The average molecular weight is 249 g/mol. The van der Waals surface area contributed by atoms with Crippen molar-refractivity contribution in [2.75, 3.05) is 0 Å². The van der Waals surface area contributed by atoms with Crippen molar-refractivity contribution in [2.24, 2.45) is 5.92 Å². The number of benzene rings is 1. The SMILES string of the molecule is Cc1ccc(C(=O)NC(C(=O)O)C(C)C)cc1C. The van der Waals surface area contributed by atoms with E-state index in [0.717, 1.165) is 11.1 Å². The summed E-state index contributed by atoms with van der Waals surface area (Å²) in [7, 11) is 0. The molecule has 0 aromatic heterocycles. The second-order valence-electron chi connectivity index (χ2n) is 4.83. The van der Waals surface area contributed by atoms with Gasteiger partial charge < -0.3 is 10.4 Å². The van der Waals surface area contributed by atoms with Crippen LogP contribution in [-0.4, -0.2) is 23.0 Å². The van der Waals surface area contributed by atoms with E-state index in [1.165, 1.54) is 0 Å². The summed E-state index contributed by atoms with van der Waals surface area (Å²) < 4.78 is 0. The molecule has 98 valence electrons. The molecule has 0 aliphatic carbocycles. The summed E-state index contributed by atoms with van der Waals surface area (Å²) in [6, 6.07) is 4.47. The van der Waals surface area contributed by atoms with Gasteiger partial charge in [-0.3, -0.25) is 4.79 Å². The zero-order valence-electron chi connectivity index (χ0n) is 11.2. The van der Waals surface area contributed by atoms with Gasteiger partial charge in [0.25, 0.3) is 5.91 Å². The Morgan fingerprint density at radius 2 is 1.78 bits per heavy atom. The fraction of sp³-hybridized carbons (Fsp3) is 0.429. The Bertz CT molecular complexity index is 466. The van der Waals surface area contributed by atoms with E-state index in [0.29, 0.717) is 5.56 Å². The molecule has 1 aromatic carbocycles. The Kier molecular flexibility index (Phi) is 4.48. The largest absolute Gasteiger partial charge is 0.480 e. The van der Waals surface area contributed by atoms with Crippen LogP contribution in [0.25, 0.3) is 0 Å². The smallest absolute Gasteiger partial charge is 0.326 e. The number of carboxylic acids is 1. The molecule has 18 heavy (non-hydrogen) atoms. The highest BCUT2D eigenvalue weighted by atomic mass is 16.4. The number of hydrogen-bond acceptors (Lipinski definition) is 2. The van der Waals surface area contributed by atoms with Crippen molar-refractivity contribution in [1.29, 1.82) is 0 Å². The molecule has 0 aliphatic rings. The molecule has 0 bridgehead atoms. The number of amides is 1. The van der Waals surface area contributed by atoms with Crippen LogP contribution in [0.5, 0.6) is 0 Å². The maximum absolute atomic E-state index is 12.0. The zero-order valence-corrected chi connectivity index (χ0v) is 11.2. The summed E-state index contributed by atoms with van der Waals surface area (Å²) in [5.41, 5.74) is 2.61. The quantitative estimate of drug-likeness (QED) is 0.859. The second-order valence-corrected chi connectivity index (χ2v) is 4.83. The summed E-state index contributed by atoms with van der Waals surface area (Å²) in [5.74, 6) is -1.51. The summed E-state index contributed by atoms with van der Waals surface area (Å²) in [4.78, 5) is 23.0. The van der Waals surface area contributed by atoms with Crippen LogP contribution in [0.3, 0.4) is 0 Å². The molecule has 1 rings (SSSR count). The minimum Gasteiger partial charge on any atom is -0.480 e. The van der Waals surface area contributed by atoms with Crippen LogP contribution < -0.4 is 5.32 Å². The first kappa shape index (κ1) is 14.2. The summed E-state index contributed by atoms with van der Waals surface area (Å²) in [6.45, 7) is 7.41. The Morgan fingerprint density at radius 1 is 1.17 bits per heavy atom. The van der Waals surface area contributed by atoms with E-state index in [1.54, 1.807) is 26.0 Å². The number of carboxylic acid groups (broad SMARTS) is 1. The highest BCUT2D eigenvalue weighted by molar-refractivity contribution is 5.96. The van der Waals surface area contributed by atoms with Gasteiger partial charge in [0, 0.05) is 5.56 Å². The summed E-state index contributed by atoms with van der Waals surface area (Å²) in [5, 5.41) is 11.6. The fourth-order valence-electron chi connectivity index (χ4n) is 1.62. The average Bonchev–Trinajstić information content (AvgIpc) is 2.28. The molecular weight excluding hydrogens is 230 g/mol. The number of aliphatic carboxylic acids is 1. The normalized spacial score (nSPS) is 12.3. The Morgan fingerprint density at radius 3 is 2.22 bits per heavy atom. The third kappa shape index (κ3) is 3.32. The van der Waals surface area contributed by atoms with E-state index in [2.05, 4.69) is 5.32 Å². The highest BCUT2D eigenvalue weighted by Crippen LogP contribution is 2.11. The van der Waals surface area contributed by atoms with Crippen molar-refractivity contribution in [1.82, 2.24) is 5.32 Å². The lowest BCUT2D eigenvalue weighted by Gasteiger charge is -2.18. The molecule has 0 radical (unpaired) electrons. The summed E-state index contributed by atoms with van der Waals surface area (Å²) in [6.07, 6.45) is 0. The van der Waals surface area contributed by atoms with Crippen LogP contribution in [0.4, 0.5) is 0 Å². The number of carbonyl (C=O) groups excluding carboxylic acids is 1. The molecule has 0 saturated heterocycles. The van der Waals surface area contributed by atoms with Crippen LogP contribution in [0, 0.1) is 19.8 Å². The molecule has 1 unspecified atom stereocenters. The number of hydrogen-bond donors (Lipinski definition) is 2. The van der Waals surface area contributed by atoms with Crippen LogP contribution in [0.1, 0.15) is 35.3 Å². The van der Waals surface area contributed by atoms with Gasteiger partial charge in [-0.1, -0.05) is 19.9 Å². The van der Waals surface area contributed by atoms with Crippen molar-refractivity contribution in [2.45, 2.75) is 33.7 Å². The van der Waals surface area contributed by atoms with Crippen molar-refractivity contribution in [3.8, 4) is 0 Å². The van der Waals surface area contributed by atoms with E-state index in [9.17, 15) is 9.59 Å². The number of rotatable bonds is 4. The Balaban J connectivity index is 2.87. The third-order valence-corrected chi connectivity index (χ3v) is 2.99. The number of aryl methyl sites for hydroxylation is 2. The highest BCUT2D eigenvalue weighted by Gasteiger charge is 2.23. The molecule has 0 aliphatic heterocycles. The maximum Gasteiger partial charge on any atom is 0.326 e. The number of carbonyl (C=O) groups is 2. The van der Waals surface area contributed by atoms with Crippen LogP contribution in [-0.2, 0) is 4.79 Å². The zero-order chi connectivity index (χ0) is 13.9. The second kappa shape index (κ2) is 5.67. The lowest BCUT2D eigenvalue weighted by atomic mass is 10.0. The lowest BCUT2D eigenvalue weighted by Crippen LogP contribution is -2.44. The van der Waals surface area contributed by atoms with Gasteiger partial charge in [0.1, 0.15) is 6.04 Å². The maximum atomic E-state index is 12.0.